The number of imide groups is 1. The van der Waals surface area contributed by atoms with E-state index in [-0.39, 0.29) is 17.5 Å². The lowest BCUT2D eigenvalue weighted by Gasteiger charge is -2.13. The molecule has 1 aliphatic rings. The Morgan fingerprint density at radius 3 is 2.41 bits per heavy atom. The van der Waals surface area contributed by atoms with Crippen LogP contribution in [0.2, 0.25) is 0 Å². The first kappa shape index (κ1) is 23.2. The van der Waals surface area contributed by atoms with Crippen LogP contribution in [0.3, 0.4) is 0 Å². The zero-order valence-corrected chi connectivity index (χ0v) is 16.2. The summed E-state index contributed by atoms with van der Waals surface area (Å²) in [5.41, 5.74) is 0. The highest BCUT2D eigenvalue weighted by atomic mass is 32.2. The molecular weight excluding hydrogens is 382 g/mol. The summed E-state index contributed by atoms with van der Waals surface area (Å²) >= 11 is 0. The van der Waals surface area contributed by atoms with E-state index in [1.54, 1.807) is 0 Å². The maximum Gasteiger partial charge on any atom is 0.358 e. The molecule has 1 heterocycles. The van der Waals surface area contributed by atoms with Gasteiger partial charge in [0.05, 0.1) is 6.42 Å². The Morgan fingerprint density at radius 2 is 1.85 bits per heavy atom. The monoisotopic (exact) mass is 407 g/mol. The predicted octanol–water partition coefficient (Wildman–Crippen LogP) is 0.652. The first-order valence-corrected chi connectivity index (χ1v) is 10.2. The number of hydroxylamine groups is 2. The summed E-state index contributed by atoms with van der Waals surface area (Å²) in [6.45, 7) is 3.26. The highest BCUT2D eigenvalue weighted by molar-refractivity contribution is 7.87. The van der Waals surface area contributed by atoms with Crippen molar-refractivity contribution in [2.75, 3.05) is 13.2 Å². The van der Waals surface area contributed by atoms with Crippen molar-refractivity contribution in [3.8, 4) is 0 Å². The third-order valence-electron chi connectivity index (χ3n) is 3.83. The first-order chi connectivity index (χ1) is 12.5. The highest BCUT2D eigenvalue weighted by Gasteiger charge is 2.48. The van der Waals surface area contributed by atoms with Crippen LogP contribution < -0.4 is 0 Å². The Kier molecular flexibility index (Phi) is 9.00. The number of amides is 2. The molecule has 1 saturated heterocycles. The molecule has 1 atom stereocenters. The number of rotatable bonds is 12. The van der Waals surface area contributed by atoms with Gasteiger partial charge in [-0.05, 0) is 12.3 Å². The Morgan fingerprint density at radius 1 is 1.19 bits per heavy atom. The van der Waals surface area contributed by atoms with Crippen molar-refractivity contribution in [2.45, 2.75) is 57.6 Å². The number of hydrogen-bond donors (Lipinski definition) is 1. The third-order valence-corrected chi connectivity index (χ3v) is 4.92. The van der Waals surface area contributed by atoms with E-state index in [0.717, 1.165) is 25.7 Å². The third kappa shape index (κ3) is 8.14. The second-order valence-electron chi connectivity index (χ2n) is 6.72. The van der Waals surface area contributed by atoms with Gasteiger partial charge in [-0.1, -0.05) is 33.1 Å². The number of unbranched alkanes of at least 4 members (excludes halogenated alkanes) is 2. The minimum Gasteiger partial charge on any atom is -0.362 e. The van der Waals surface area contributed by atoms with E-state index in [1.807, 2.05) is 0 Å². The Bertz CT molecular complexity index is 671. The molecule has 0 aromatic carbocycles. The van der Waals surface area contributed by atoms with Gasteiger partial charge in [-0.15, -0.1) is 5.06 Å². The van der Waals surface area contributed by atoms with Crippen LogP contribution in [0.5, 0.6) is 0 Å². The topological polar surface area (TPSA) is 144 Å². The molecule has 1 aliphatic heterocycles. The van der Waals surface area contributed by atoms with E-state index in [9.17, 15) is 27.6 Å². The van der Waals surface area contributed by atoms with Gasteiger partial charge in [-0.3, -0.25) is 18.9 Å². The molecule has 0 radical (unpaired) electrons. The Labute approximate surface area is 157 Å². The number of ketones is 1. The maximum atomic E-state index is 11.7. The molecule has 1 rings (SSSR count). The second kappa shape index (κ2) is 10.5. The second-order valence-corrected chi connectivity index (χ2v) is 8.32. The van der Waals surface area contributed by atoms with Crippen LogP contribution >= 0.6 is 0 Å². The van der Waals surface area contributed by atoms with E-state index in [4.69, 9.17) is 9.29 Å². The van der Waals surface area contributed by atoms with E-state index in [1.165, 1.54) is 0 Å². The summed E-state index contributed by atoms with van der Waals surface area (Å²) in [7, 11) is -4.78. The van der Waals surface area contributed by atoms with Crippen molar-refractivity contribution < 1.29 is 41.7 Å². The molecule has 1 fully saturated rings. The molecule has 0 bridgehead atoms. The first-order valence-electron chi connectivity index (χ1n) is 8.65. The maximum absolute atomic E-state index is 11.7. The number of carbonyl (C=O) groups is 4. The summed E-state index contributed by atoms with van der Waals surface area (Å²) in [5.74, 6) is -3.14. The highest BCUT2D eigenvalue weighted by Crippen LogP contribution is 2.19. The van der Waals surface area contributed by atoms with Gasteiger partial charge in [0.15, 0.2) is 11.0 Å². The molecule has 154 valence electrons. The zero-order valence-electron chi connectivity index (χ0n) is 15.4. The van der Waals surface area contributed by atoms with E-state index in [0.29, 0.717) is 12.3 Å². The zero-order chi connectivity index (χ0) is 20.6. The quantitative estimate of drug-likeness (QED) is 0.280. The van der Waals surface area contributed by atoms with Crippen LogP contribution in [0, 0.1) is 5.92 Å². The number of Topliss-reactive ketones (excluding diaryl/α,β-unsaturated/α-hetero) is 1. The van der Waals surface area contributed by atoms with Crippen molar-refractivity contribution >= 4 is 33.7 Å². The minimum absolute atomic E-state index is 0.0132. The van der Waals surface area contributed by atoms with Crippen LogP contribution in [-0.4, -0.2) is 60.1 Å². The summed E-state index contributed by atoms with van der Waals surface area (Å²) in [5, 5.41) is -2.00. The van der Waals surface area contributed by atoms with Gasteiger partial charge >= 0.3 is 5.97 Å². The molecule has 0 aromatic heterocycles. The summed E-state index contributed by atoms with van der Waals surface area (Å²) in [6, 6.07) is 0. The van der Waals surface area contributed by atoms with Gasteiger partial charge in [-0.2, -0.15) is 8.42 Å². The number of nitrogens with zero attached hydrogens (tertiary/aromatic N) is 1. The molecule has 1 N–H and O–H groups in total. The molecule has 2 amide bonds. The molecular formula is C16H25NO9S. The lowest BCUT2D eigenvalue weighted by molar-refractivity contribution is -0.200. The van der Waals surface area contributed by atoms with Crippen LogP contribution in [0.1, 0.15) is 52.4 Å². The van der Waals surface area contributed by atoms with Crippen molar-refractivity contribution in [1.29, 1.82) is 0 Å². The van der Waals surface area contributed by atoms with Crippen LogP contribution in [0.4, 0.5) is 0 Å². The average Bonchev–Trinajstić information content (AvgIpc) is 2.82. The molecule has 11 heteroatoms. The van der Waals surface area contributed by atoms with Crippen LogP contribution in [0.15, 0.2) is 0 Å². The smallest absolute Gasteiger partial charge is 0.358 e. The fourth-order valence-electron chi connectivity index (χ4n) is 2.41. The number of ether oxygens (including phenoxy) is 1. The average molecular weight is 407 g/mol. The van der Waals surface area contributed by atoms with Gasteiger partial charge in [0.2, 0.25) is 0 Å². The summed E-state index contributed by atoms with van der Waals surface area (Å²) < 4.78 is 35.7. The fourth-order valence-corrected chi connectivity index (χ4v) is 3.11. The molecule has 0 aliphatic carbocycles. The van der Waals surface area contributed by atoms with E-state index in [2.05, 4.69) is 18.7 Å². The number of hydrogen-bond acceptors (Lipinski definition) is 8. The molecule has 0 saturated carbocycles. The molecule has 0 aromatic rings. The molecule has 1 unspecified atom stereocenters. The molecule has 10 nitrogen and oxygen atoms in total. The molecule has 0 spiro atoms. The van der Waals surface area contributed by atoms with Crippen LogP contribution in [-0.2, 0) is 38.9 Å². The van der Waals surface area contributed by atoms with Crippen molar-refractivity contribution in [3.63, 3.8) is 0 Å². The van der Waals surface area contributed by atoms with Gasteiger partial charge in [-0.25, -0.2) is 4.79 Å². The summed E-state index contributed by atoms with van der Waals surface area (Å²) in [4.78, 5) is 50.9. The van der Waals surface area contributed by atoms with Gasteiger partial charge in [0.1, 0.15) is 13.2 Å². The van der Waals surface area contributed by atoms with Gasteiger partial charge < -0.3 is 9.57 Å². The van der Waals surface area contributed by atoms with Gasteiger partial charge in [0.25, 0.3) is 21.9 Å². The predicted molar refractivity (Wildman–Crippen MR) is 91.6 cm³/mol. The van der Waals surface area contributed by atoms with E-state index < -0.39 is 46.2 Å². The Hall–Kier alpha value is -1.85. The molecule has 27 heavy (non-hydrogen) atoms. The van der Waals surface area contributed by atoms with E-state index >= 15 is 0 Å². The van der Waals surface area contributed by atoms with Crippen molar-refractivity contribution in [1.82, 2.24) is 5.06 Å². The van der Waals surface area contributed by atoms with Crippen molar-refractivity contribution in [3.05, 3.63) is 0 Å². The minimum atomic E-state index is -4.78. The summed E-state index contributed by atoms with van der Waals surface area (Å²) in [6.07, 6.45) is 3.31. The van der Waals surface area contributed by atoms with Crippen molar-refractivity contribution in [2.24, 2.45) is 5.92 Å². The lowest BCUT2D eigenvalue weighted by atomic mass is 10.0. The largest absolute Gasteiger partial charge is 0.362 e. The SMILES string of the molecule is CC(C)CCCCCC(=O)COCC(=O)ON1C(=O)CC(S(=O)(=O)O)C1=O. The standard InChI is InChI=1S/C16H25NO9S/c1-11(2)6-4-3-5-7-12(18)9-25-10-15(20)26-17-14(19)8-13(16(17)21)27(22,23)24/h11,13H,3-10H2,1-2H3,(H,22,23,24). The lowest BCUT2D eigenvalue weighted by Crippen LogP contribution is -2.37. The number of carbonyl (C=O) groups excluding carboxylic acids is 4. The fraction of sp³-hybridized carbons (Fsp3) is 0.750. The normalized spacial score (nSPS) is 17.6. The van der Waals surface area contributed by atoms with Crippen LogP contribution in [0.25, 0.3) is 0 Å². The Balaban J connectivity index is 2.27. The van der Waals surface area contributed by atoms with Gasteiger partial charge in [0, 0.05) is 6.42 Å².